The summed E-state index contributed by atoms with van der Waals surface area (Å²) < 4.78 is 19.3. The highest BCUT2D eigenvalue weighted by atomic mass is 19.1. The monoisotopic (exact) mass is 570 g/mol. The summed E-state index contributed by atoms with van der Waals surface area (Å²) in [5.41, 5.74) is 3.02. The molecule has 0 N–H and O–H groups in total. The van der Waals surface area contributed by atoms with E-state index in [9.17, 15) is 18.8 Å². The Morgan fingerprint density at radius 1 is 0.786 bits per heavy atom. The minimum absolute atomic E-state index is 0.00829. The first-order valence-electron chi connectivity index (χ1n) is 14.8. The summed E-state index contributed by atoms with van der Waals surface area (Å²) in [5, 5.41) is 0.432. The van der Waals surface area contributed by atoms with Crippen LogP contribution in [0.4, 0.5) is 4.39 Å². The number of hydrogen-bond acceptors (Lipinski definition) is 4. The van der Waals surface area contributed by atoms with E-state index in [0.29, 0.717) is 34.2 Å². The van der Waals surface area contributed by atoms with Gasteiger partial charge < -0.3 is 14.2 Å². The Hall–Kier alpha value is -4.26. The lowest BCUT2D eigenvalue weighted by molar-refractivity contribution is -0.133. The van der Waals surface area contributed by atoms with E-state index in [1.165, 1.54) is 35.3 Å². The fourth-order valence-electron chi connectivity index (χ4n) is 4.92. The number of hydrogen-bond donors (Lipinski definition) is 0. The van der Waals surface area contributed by atoms with Crippen molar-refractivity contribution in [1.82, 2.24) is 9.80 Å². The Bertz CT molecular complexity index is 1530. The average Bonchev–Trinajstić information content (AvgIpc) is 3.01. The predicted octanol–water partition coefficient (Wildman–Crippen LogP) is 7.14. The molecule has 0 unspecified atom stereocenters. The largest absolute Gasteiger partial charge is 0.464 e. The molecule has 0 aliphatic carbocycles. The molecule has 1 aromatic heterocycles. The maximum atomic E-state index is 13.8. The van der Waals surface area contributed by atoms with Crippen molar-refractivity contribution in [3.63, 3.8) is 0 Å². The number of aryl methyl sites for hydroxylation is 1. The summed E-state index contributed by atoms with van der Waals surface area (Å²) in [5.74, 6) is -0.893. The molecule has 3 aromatic carbocycles. The summed E-state index contributed by atoms with van der Waals surface area (Å²) in [4.78, 5) is 43.8. The molecule has 0 radical (unpaired) electrons. The number of amides is 2. The zero-order valence-electron chi connectivity index (χ0n) is 24.5. The third kappa shape index (κ3) is 8.15. The SMILES string of the molecule is CCCCCc1ccc(C(=O)N(CCCC)CC(=O)N(Cc2ccc(F)cc2)Cc2coc3ccccc3c2=O)cc1. The molecular formula is C35H39FN2O4. The topological polar surface area (TPSA) is 70.8 Å². The van der Waals surface area contributed by atoms with E-state index in [4.69, 9.17) is 4.42 Å². The van der Waals surface area contributed by atoms with Gasteiger partial charge in [-0.2, -0.15) is 0 Å². The van der Waals surface area contributed by atoms with Crippen LogP contribution in [0, 0.1) is 5.82 Å². The summed E-state index contributed by atoms with van der Waals surface area (Å²) in [6.07, 6.45) is 7.41. The van der Waals surface area contributed by atoms with Crippen molar-refractivity contribution in [2.24, 2.45) is 0 Å². The Morgan fingerprint density at radius 2 is 1.48 bits per heavy atom. The van der Waals surface area contributed by atoms with E-state index in [2.05, 4.69) is 6.92 Å². The van der Waals surface area contributed by atoms with Gasteiger partial charge in [0.25, 0.3) is 5.91 Å². The lowest BCUT2D eigenvalue weighted by atomic mass is 10.0. The second-order valence-electron chi connectivity index (χ2n) is 10.7. The molecule has 2 amide bonds. The zero-order valence-corrected chi connectivity index (χ0v) is 24.5. The molecule has 0 saturated heterocycles. The van der Waals surface area contributed by atoms with Crippen molar-refractivity contribution in [3.05, 3.63) is 117 Å². The van der Waals surface area contributed by atoms with Gasteiger partial charge in [0.2, 0.25) is 5.91 Å². The molecule has 0 aliphatic rings. The number of unbranched alkanes of at least 4 members (excludes halogenated alkanes) is 3. The number of halogens is 1. The molecule has 220 valence electrons. The van der Waals surface area contributed by atoms with Crippen LogP contribution >= 0.6 is 0 Å². The lowest BCUT2D eigenvalue weighted by Gasteiger charge is -2.28. The van der Waals surface area contributed by atoms with Gasteiger partial charge in [0, 0.05) is 18.7 Å². The van der Waals surface area contributed by atoms with Gasteiger partial charge >= 0.3 is 0 Å². The molecule has 0 fully saturated rings. The number of nitrogens with zero attached hydrogens (tertiary/aromatic N) is 2. The lowest BCUT2D eigenvalue weighted by Crippen LogP contribution is -2.43. The van der Waals surface area contributed by atoms with Gasteiger partial charge in [-0.3, -0.25) is 14.4 Å². The average molecular weight is 571 g/mol. The highest BCUT2D eigenvalue weighted by Crippen LogP contribution is 2.16. The Labute approximate surface area is 246 Å². The standard InChI is InChI=1S/C35H39FN2O4/c1-3-5-7-10-26-13-17-28(18-14-26)35(41)37(21-6-4-2)24-33(39)38(22-27-15-19-30(36)20-16-27)23-29-25-42-32-12-9-8-11-31(32)34(29)40/h8-9,11-20,25H,3-7,10,21-24H2,1-2H3. The van der Waals surface area contributed by atoms with Crippen LogP contribution in [0.1, 0.15) is 73.0 Å². The van der Waals surface area contributed by atoms with E-state index >= 15 is 0 Å². The summed E-state index contributed by atoms with van der Waals surface area (Å²) >= 11 is 0. The Kier molecular flexibility index (Phi) is 11.0. The Balaban J connectivity index is 1.57. The number of carbonyl (C=O) groups is 2. The first-order valence-corrected chi connectivity index (χ1v) is 14.8. The second kappa shape index (κ2) is 15.1. The number of para-hydroxylation sites is 1. The summed E-state index contributed by atoms with van der Waals surface area (Å²) in [7, 11) is 0. The van der Waals surface area contributed by atoms with E-state index in [-0.39, 0.29) is 42.7 Å². The van der Waals surface area contributed by atoms with Crippen molar-refractivity contribution < 1.29 is 18.4 Å². The normalized spacial score (nSPS) is 11.0. The first-order chi connectivity index (χ1) is 20.4. The first kappa shape index (κ1) is 30.7. The van der Waals surface area contributed by atoms with Crippen molar-refractivity contribution in [3.8, 4) is 0 Å². The summed E-state index contributed by atoms with van der Waals surface area (Å²) in [6, 6.07) is 20.5. The molecule has 42 heavy (non-hydrogen) atoms. The molecule has 4 rings (SSSR count). The van der Waals surface area contributed by atoms with Crippen LogP contribution in [-0.2, 0) is 24.3 Å². The van der Waals surface area contributed by atoms with Crippen LogP contribution in [-0.4, -0.2) is 34.7 Å². The minimum atomic E-state index is -0.375. The molecule has 0 spiro atoms. The van der Waals surface area contributed by atoms with Crippen LogP contribution in [0.2, 0.25) is 0 Å². The van der Waals surface area contributed by atoms with Crippen LogP contribution in [0.15, 0.2) is 88.3 Å². The second-order valence-corrected chi connectivity index (χ2v) is 10.7. The van der Waals surface area contributed by atoms with Gasteiger partial charge in [-0.1, -0.05) is 69.5 Å². The maximum absolute atomic E-state index is 13.8. The van der Waals surface area contributed by atoms with Gasteiger partial charge in [-0.05, 0) is 66.8 Å². The fraction of sp³-hybridized carbons (Fsp3) is 0.343. The highest BCUT2D eigenvalue weighted by Gasteiger charge is 2.24. The third-order valence-electron chi connectivity index (χ3n) is 7.42. The predicted molar refractivity (Wildman–Crippen MR) is 164 cm³/mol. The van der Waals surface area contributed by atoms with E-state index < -0.39 is 0 Å². The Morgan fingerprint density at radius 3 is 2.19 bits per heavy atom. The number of carbonyl (C=O) groups excluding carboxylic acids is 2. The quantitative estimate of drug-likeness (QED) is 0.151. The van der Waals surface area contributed by atoms with Crippen molar-refractivity contribution >= 4 is 22.8 Å². The zero-order chi connectivity index (χ0) is 29.9. The van der Waals surface area contributed by atoms with Crippen LogP contribution in [0.5, 0.6) is 0 Å². The van der Waals surface area contributed by atoms with Gasteiger partial charge in [0.05, 0.1) is 23.8 Å². The van der Waals surface area contributed by atoms with E-state index in [0.717, 1.165) is 32.1 Å². The molecular weight excluding hydrogens is 531 g/mol. The smallest absolute Gasteiger partial charge is 0.254 e. The molecule has 1 heterocycles. The van der Waals surface area contributed by atoms with Crippen molar-refractivity contribution in [1.29, 1.82) is 0 Å². The molecule has 0 aliphatic heterocycles. The van der Waals surface area contributed by atoms with E-state index in [1.807, 2.05) is 31.2 Å². The summed E-state index contributed by atoms with van der Waals surface area (Å²) in [6.45, 7) is 4.64. The third-order valence-corrected chi connectivity index (χ3v) is 7.42. The number of rotatable bonds is 14. The maximum Gasteiger partial charge on any atom is 0.254 e. The van der Waals surface area contributed by atoms with Crippen molar-refractivity contribution in [2.45, 2.75) is 65.5 Å². The van der Waals surface area contributed by atoms with Gasteiger partial charge in [-0.15, -0.1) is 0 Å². The fourth-order valence-corrected chi connectivity index (χ4v) is 4.92. The van der Waals surface area contributed by atoms with Crippen molar-refractivity contribution in [2.75, 3.05) is 13.1 Å². The van der Waals surface area contributed by atoms with Crippen LogP contribution in [0.3, 0.4) is 0 Å². The number of benzene rings is 3. The van der Waals surface area contributed by atoms with Crippen LogP contribution < -0.4 is 5.43 Å². The minimum Gasteiger partial charge on any atom is -0.464 e. The molecule has 0 saturated carbocycles. The highest BCUT2D eigenvalue weighted by molar-refractivity contribution is 5.96. The van der Waals surface area contributed by atoms with Gasteiger partial charge in [-0.25, -0.2) is 4.39 Å². The van der Waals surface area contributed by atoms with Gasteiger partial charge in [0.15, 0.2) is 5.43 Å². The van der Waals surface area contributed by atoms with E-state index in [1.54, 1.807) is 41.3 Å². The molecule has 0 bridgehead atoms. The van der Waals surface area contributed by atoms with Gasteiger partial charge in [0.1, 0.15) is 17.9 Å². The molecule has 4 aromatic rings. The number of fused-ring (bicyclic) bond motifs is 1. The molecule has 0 atom stereocenters. The van der Waals surface area contributed by atoms with Crippen LogP contribution in [0.25, 0.3) is 11.0 Å². The molecule has 7 heteroatoms. The molecule has 6 nitrogen and oxygen atoms in total.